The molecular formula is C11H14N2O4. The van der Waals surface area contributed by atoms with E-state index in [0.717, 1.165) is 0 Å². The standard InChI is InChI=1S/C11H14N2O4/c1-7-4-3-5-8(10(7)13(15)16)6-9(12)11(14)17-2/h3-5,9H,6,12H2,1-2H3/t9-/m0/s1. The molecule has 0 amide bonds. The van der Waals surface area contributed by atoms with Gasteiger partial charge in [-0.1, -0.05) is 18.2 Å². The molecule has 0 spiro atoms. The molecule has 17 heavy (non-hydrogen) atoms. The van der Waals surface area contributed by atoms with E-state index in [9.17, 15) is 14.9 Å². The minimum atomic E-state index is -0.888. The quantitative estimate of drug-likeness (QED) is 0.478. The van der Waals surface area contributed by atoms with Crippen molar-refractivity contribution in [2.45, 2.75) is 19.4 Å². The maximum absolute atomic E-state index is 11.2. The van der Waals surface area contributed by atoms with E-state index in [4.69, 9.17) is 5.73 Å². The highest BCUT2D eigenvalue weighted by Crippen LogP contribution is 2.24. The minimum Gasteiger partial charge on any atom is -0.468 e. The Morgan fingerprint density at radius 2 is 2.24 bits per heavy atom. The Morgan fingerprint density at radius 1 is 1.59 bits per heavy atom. The number of esters is 1. The molecule has 2 N–H and O–H groups in total. The molecule has 0 aliphatic carbocycles. The van der Waals surface area contributed by atoms with Gasteiger partial charge >= 0.3 is 5.97 Å². The number of aryl methyl sites for hydroxylation is 1. The zero-order valence-electron chi connectivity index (χ0n) is 9.67. The lowest BCUT2D eigenvalue weighted by Gasteiger charge is -2.10. The number of methoxy groups -OCH3 is 1. The van der Waals surface area contributed by atoms with Gasteiger partial charge in [0, 0.05) is 17.5 Å². The van der Waals surface area contributed by atoms with Crippen LogP contribution in [0.4, 0.5) is 5.69 Å². The fraction of sp³-hybridized carbons (Fsp3) is 0.364. The van der Waals surface area contributed by atoms with Gasteiger partial charge in [0.15, 0.2) is 0 Å². The van der Waals surface area contributed by atoms with Gasteiger partial charge in [0.1, 0.15) is 6.04 Å². The maximum atomic E-state index is 11.2. The normalized spacial score (nSPS) is 11.9. The summed E-state index contributed by atoms with van der Waals surface area (Å²) in [5.41, 5.74) is 6.57. The highest BCUT2D eigenvalue weighted by molar-refractivity contribution is 5.76. The summed E-state index contributed by atoms with van der Waals surface area (Å²) >= 11 is 0. The topological polar surface area (TPSA) is 95.5 Å². The van der Waals surface area contributed by atoms with E-state index in [1.165, 1.54) is 7.11 Å². The lowest BCUT2D eigenvalue weighted by molar-refractivity contribution is -0.386. The Balaban J connectivity index is 3.02. The number of hydrogen-bond acceptors (Lipinski definition) is 5. The molecule has 0 saturated carbocycles. The van der Waals surface area contributed by atoms with Crippen molar-refractivity contribution < 1.29 is 14.5 Å². The van der Waals surface area contributed by atoms with Gasteiger partial charge in [0.2, 0.25) is 0 Å². The SMILES string of the molecule is COC(=O)[C@@H](N)Cc1cccc(C)c1[N+](=O)[O-]. The van der Waals surface area contributed by atoms with Crippen LogP contribution < -0.4 is 5.73 Å². The highest BCUT2D eigenvalue weighted by Gasteiger charge is 2.22. The summed E-state index contributed by atoms with van der Waals surface area (Å²) in [6.07, 6.45) is 0.0880. The zero-order valence-corrected chi connectivity index (χ0v) is 9.67. The molecule has 0 aliphatic rings. The monoisotopic (exact) mass is 238 g/mol. The molecule has 1 rings (SSSR count). The Morgan fingerprint density at radius 3 is 2.76 bits per heavy atom. The first-order valence-electron chi connectivity index (χ1n) is 5.03. The van der Waals surface area contributed by atoms with Gasteiger partial charge in [-0.05, 0) is 6.92 Å². The van der Waals surface area contributed by atoms with Crippen LogP contribution in [0.1, 0.15) is 11.1 Å². The number of carbonyl (C=O) groups is 1. The second kappa shape index (κ2) is 5.40. The third-order valence-electron chi connectivity index (χ3n) is 2.45. The molecule has 92 valence electrons. The van der Waals surface area contributed by atoms with Crippen LogP contribution in [-0.2, 0) is 16.0 Å². The number of nitro groups is 1. The fourth-order valence-electron chi connectivity index (χ4n) is 1.62. The van der Waals surface area contributed by atoms with E-state index in [2.05, 4.69) is 4.74 Å². The van der Waals surface area contributed by atoms with Gasteiger partial charge in [-0.2, -0.15) is 0 Å². The van der Waals surface area contributed by atoms with Gasteiger partial charge in [0.05, 0.1) is 12.0 Å². The van der Waals surface area contributed by atoms with Crippen molar-refractivity contribution in [2.75, 3.05) is 7.11 Å². The number of nitro benzene ring substituents is 1. The van der Waals surface area contributed by atoms with Crippen molar-refractivity contribution in [1.82, 2.24) is 0 Å². The first kappa shape index (κ1) is 13.1. The molecule has 0 unspecified atom stereocenters. The average molecular weight is 238 g/mol. The van der Waals surface area contributed by atoms with E-state index >= 15 is 0 Å². The summed E-state index contributed by atoms with van der Waals surface area (Å²) in [6.45, 7) is 1.64. The largest absolute Gasteiger partial charge is 0.468 e. The van der Waals surface area contributed by atoms with Gasteiger partial charge in [-0.3, -0.25) is 14.9 Å². The average Bonchev–Trinajstić information content (AvgIpc) is 2.27. The Labute approximate surface area is 98.5 Å². The fourth-order valence-corrected chi connectivity index (χ4v) is 1.62. The molecule has 6 nitrogen and oxygen atoms in total. The smallest absolute Gasteiger partial charge is 0.322 e. The Hall–Kier alpha value is -1.95. The van der Waals surface area contributed by atoms with Crippen LogP contribution in [0.25, 0.3) is 0 Å². The van der Waals surface area contributed by atoms with Gasteiger partial charge in [-0.15, -0.1) is 0 Å². The number of nitrogens with two attached hydrogens (primary N) is 1. The molecule has 0 radical (unpaired) electrons. The Bertz CT molecular complexity index is 445. The van der Waals surface area contributed by atoms with Crippen molar-refractivity contribution in [1.29, 1.82) is 0 Å². The highest BCUT2D eigenvalue weighted by atomic mass is 16.6. The van der Waals surface area contributed by atoms with E-state index in [-0.39, 0.29) is 12.1 Å². The number of carbonyl (C=O) groups excluding carboxylic acids is 1. The second-order valence-electron chi connectivity index (χ2n) is 3.67. The number of para-hydroxylation sites is 1. The van der Waals surface area contributed by atoms with Crippen LogP contribution in [0, 0.1) is 17.0 Å². The van der Waals surface area contributed by atoms with Crippen molar-refractivity contribution in [3.8, 4) is 0 Å². The first-order chi connectivity index (χ1) is 7.97. The molecule has 0 aliphatic heterocycles. The minimum absolute atomic E-state index is 0.00635. The molecule has 0 heterocycles. The first-order valence-corrected chi connectivity index (χ1v) is 5.03. The van der Waals surface area contributed by atoms with Gasteiger partial charge in [-0.25, -0.2) is 0 Å². The number of rotatable bonds is 4. The summed E-state index contributed by atoms with van der Waals surface area (Å²) in [5, 5.41) is 10.9. The molecule has 1 aromatic rings. The second-order valence-corrected chi connectivity index (χ2v) is 3.67. The van der Waals surface area contributed by atoms with E-state index in [1.807, 2.05) is 0 Å². The predicted molar refractivity (Wildman–Crippen MR) is 61.5 cm³/mol. The predicted octanol–water partition coefficient (Wildman–Crippen LogP) is 0.946. The molecule has 0 fully saturated rings. The van der Waals surface area contributed by atoms with Crippen LogP contribution in [0.5, 0.6) is 0 Å². The zero-order chi connectivity index (χ0) is 13.0. The van der Waals surface area contributed by atoms with Crippen molar-refractivity contribution in [2.24, 2.45) is 5.73 Å². The molecule has 0 saturated heterocycles. The van der Waals surface area contributed by atoms with Crippen molar-refractivity contribution in [3.63, 3.8) is 0 Å². The molecule has 0 bridgehead atoms. The van der Waals surface area contributed by atoms with Crippen LogP contribution in [0.2, 0.25) is 0 Å². The molecule has 6 heteroatoms. The third kappa shape index (κ3) is 3.01. The number of benzene rings is 1. The lowest BCUT2D eigenvalue weighted by atomic mass is 10.0. The van der Waals surface area contributed by atoms with Crippen LogP contribution in [-0.4, -0.2) is 24.0 Å². The third-order valence-corrected chi connectivity index (χ3v) is 2.45. The molecule has 1 aromatic carbocycles. The van der Waals surface area contributed by atoms with E-state index < -0.39 is 16.9 Å². The van der Waals surface area contributed by atoms with Crippen LogP contribution in [0.15, 0.2) is 18.2 Å². The number of hydrogen-bond donors (Lipinski definition) is 1. The van der Waals surface area contributed by atoms with Gasteiger partial charge < -0.3 is 10.5 Å². The van der Waals surface area contributed by atoms with Gasteiger partial charge in [0.25, 0.3) is 5.69 Å². The van der Waals surface area contributed by atoms with Crippen molar-refractivity contribution >= 4 is 11.7 Å². The summed E-state index contributed by atoms with van der Waals surface area (Å²) < 4.78 is 4.48. The number of ether oxygens (including phenoxy) is 1. The van der Waals surface area contributed by atoms with Crippen LogP contribution >= 0.6 is 0 Å². The summed E-state index contributed by atoms with van der Waals surface area (Å²) in [6, 6.07) is 4.04. The van der Waals surface area contributed by atoms with Crippen LogP contribution in [0.3, 0.4) is 0 Å². The molecule has 0 aromatic heterocycles. The van der Waals surface area contributed by atoms with E-state index in [1.54, 1.807) is 25.1 Å². The summed E-state index contributed by atoms with van der Waals surface area (Å²) in [5.74, 6) is -0.583. The maximum Gasteiger partial charge on any atom is 0.322 e. The van der Waals surface area contributed by atoms with E-state index in [0.29, 0.717) is 11.1 Å². The molecule has 1 atom stereocenters. The summed E-state index contributed by atoms with van der Waals surface area (Å²) in [4.78, 5) is 21.6. The van der Waals surface area contributed by atoms with Crippen molar-refractivity contribution in [3.05, 3.63) is 39.4 Å². The summed E-state index contributed by atoms with van der Waals surface area (Å²) in [7, 11) is 1.23. The Kier molecular flexibility index (Phi) is 4.17. The molecular weight excluding hydrogens is 224 g/mol. The number of nitrogens with zero attached hydrogens (tertiary/aromatic N) is 1. The lowest BCUT2D eigenvalue weighted by Crippen LogP contribution is -2.33.